The number of rotatable bonds is 4. The topological polar surface area (TPSA) is 44.9 Å². The first-order valence-corrected chi connectivity index (χ1v) is 8.47. The molecule has 0 aliphatic carbocycles. The Bertz CT molecular complexity index is 843. The summed E-state index contributed by atoms with van der Waals surface area (Å²) in [6, 6.07) is 10.5. The van der Waals surface area contributed by atoms with E-state index in [1.807, 2.05) is 24.0 Å². The Kier molecular flexibility index (Phi) is 3.94. The first-order valence-electron chi connectivity index (χ1n) is 8.47. The number of hydrogen-bond donors (Lipinski definition) is 0. The van der Waals surface area contributed by atoms with Crippen LogP contribution in [0.5, 0.6) is 0 Å². The number of hydrogen-bond acceptors (Lipinski definition) is 3. The zero-order valence-electron chi connectivity index (χ0n) is 14.1. The number of aryl methyl sites for hydroxylation is 2. The lowest BCUT2D eigenvalue weighted by atomic mass is 10.1. The van der Waals surface area contributed by atoms with Gasteiger partial charge in [-0.05, 0) is 44.9 Å². The monoisotopic (exact) mass is 322 g/mol. The zero-order valence-corrected chi connectivity index (χ0v) is 14.1. The van der Waals surface area contributed by atoms with Gasteiger partial charge in [0.15, 0.2) is 0 Å². The van der Waals surface area contributed by atoms with Gasteiger partial charge in [-0.15, -0.1) is 0 Å². The third kappa shape index (κ3) is 2.87. The van der Waals surface area contributed by atoms with E-state index in [1.165, 1.54) is 0 Å². The smallest absolute Gasteiger partial charge is 0.140 e. The van der Waals surface area contributed by atoms with Crippen molar-refractivity contribution in [1.29, 1.82) is 0 Å². The van der Waals surface area contributed by atoms with E-state index in [-0.39, 0.29) is 0 Å². The van der Waals surface area contributed by atoms with Crippen LogP contribution in [0.3, 0.4) is 0 Å². The standard InChI is InChI=1S/C19H22N4O/c1-14-11-15(2)23(21-14)17-6-3-5-16(12-17)19-20-8-9-22(19)13-18-7-4-10-24-18/h3,5-6,8-9,11-12,18H,4,7,10,13H2,1-2H3/t18-/m0/s1. The Morgan fingerprint density at radius 1 is 1.25 bits per heavy atom. The summed E-state index contributed by atoms with van der Waals surface area (Å²) in [5, 5.41) is 4.58. The van der Waals surface area contributed by atoms with Gasteiger partial charge in [-0.2, -0.15) is 5.10 Å². The minimum atomic E-state index is 0.303. The third-order valence-corrected chi connectivity index (χ3v) is 4.50. The summed E-state index contributed by atoms with van der Waals surface area (Å²) in [5.74, 6) is 0.980. The van der Waals surface area contributed by atoms with Crippen molar-refractivity contribution in [2.45, 2.75) is 39.3 Å². The van der Waals surface area contributed by atoms with Crippen LogP contribution in [0.25, 0.3) is 17.1 Å². The summed E-state index contributed by atoms with van der Waals surface area (Å²) in [6.45, 7) is 5.83. The van der Waals surface area contributed by atoms with Gasteiger partial charge in [0.05, 0.1) is 24.0 Å². The fraction of sp³-hybridized carbons (Fsp3) is 0.368. The fourth-order valence-corrected chi connectivity index (χ4v) is 3.39. The van der Waals surface area contributed by atoms with Gasteiger partial charge in [-0.3, -0.25) is 0 Å². The summed E-state index contributed by atoms with van der Waals surface area (Å²) >= 11 is 0. The minimum Gasteiger partial charge on any atom is -0.376 e. The highest BCUT2D eigenvalue weighted by atomic mass is 16.5. The van der Waals surface area contributed by atoms with Gasteiger partial charge in [-0.25, -0.2) is 9.67 Å². The van der Waals surface area contributed by atoms with Crippen molar-refractivity contribution in [2.24, 2.45) is 0 Å². The van der Waals surface area contributed by atoms with E-state index in [9.17, 15) is 0 Å². The molecule has 0 unspecified atom stereocenters. The van der Waals surface area contributed by atoms with E-state index in [4.69, 9.17) is 4.74 Å². The molecule has 3 heterocycles. The maximum Gasteiger partial charge on any atom is 0.140 e. The van der Waals surface area contributed by atoms with Crippen LogP contribution in [0.15, 0.2) is 42.7 Å². The molecule has 1 aromatic carbocycles. The van der Waals surface area contributed by atoms with Crippen molar-refractivity contribution < 1.29 is 4.74 Å². The molecule has 0 N–H and O–H groups in total. The number of ether oxygens (including phenoxy) is 1. The maximum atomic E-state index is 5.77. The second-order valence-electron chi connectivity index (χ2n) is 6.43. The minimum absolute atomic E-state index is 0.303. The van der Waals surface area contributed by atoms with E-state index in [1.54, 1.807) is 0 Å². The predicted molar refractivity (Wildman–Crippen MR) is 93.2 cm³/mol. The predicted octanol–water partition coefficient (Wildman–Crippen LogP) is 3.53. The molecule has 1 aliphatic heterocycles. The van der Waals surface area contributed by atoms with E-state index < -0.39 is 0 Å². The van der Waals surface area contributed by atoms with Crippen molar-refractivity contribution in [3.05, 3.63) is 54.1 Å². The van der Waals surface area contributed by atoms with Crippen molar-refractivity contribution in [3.63, 3.8) is 0 Å². The van der Waals surface area contributed by atoms with E-state index in [2.05, 4.69) is 51.9 Å². The first kappa shape index (κ1) is 15.1. The van der Waals surface area contributed by atoms with Crippen molar-refractivity contribution >= 4 is 0 Å². The molecule has 5 heteroatoms. The molecule has 1 aliphatic rings. The van der Waals surface area contributed by atoms with Gasteiger partial charge in [0.1, 0.15) is 5.82 Å². The van der Waals surface area contributed by atoms with Crippen molar-refractivity contribution in [3.8, 4) is 17.1 Å². The SMILES string of the molecule is Cc1cc(C)n(-c2cccc(-c3nccn3C[C@@H]3CCCO3)c2)n1. The number of imidazole rings is 1. The highest BCUT2D eigenvalue weighted by Gasteiger charge is 2.18. The Hall–Kier alpha value is -2.40. The Morgan fingerprint density at radius 2 is 2.17 bits per heavy atom. The third-order valence-electron chi connectivity index (χ3n) is 4.50. The van der Waals surface area contributed by atoms with Crippen molar-refractivity contribution in [1.82, 2.24) is 19.3 Å². The molecule has 0 radical (unpaired) electrons. The second-order valence-corrected chi connectivity index (χ2v) is 6.43. The Balaban J connectivity index is 1.67. The molecule has 0 saturated carbocycles. The number of nitrogens with zero attached hydrogens (tertiary/aromatic N) is 4. The molecular formula is C19H22N4O. The number of aromatic nitrogens is 4. The average Bonchev–Trinajstić information content (AvgIpc) is 3.30. The van der Waals surface area contributed by atoms with Crippen LogP contribution >= 0.6 is 0 Å². The molecule has 1 fully saturated rings. The maximum absolute atomic E-state index is 5.77. The molecule has 2 aromatic heterocycles. The van der Waals surface area contributed by atoms with Crippen LogP contribution in [0, 0.1) is 13.8 Å². The molecule has 1 saturated heterocycles. The number of benzene rings is 1. The zero-order chi connectivity index (χ0) is 16.5. The van der Waals surface area contributed by atoms with E-state index in [0.29, 0.717) is 6.10 Å². The summed E-state index contributed by atoms with van der Waals surface area (Å²) in [7, 11) is 0. The lowest BCUT2D eigenvalue weighted by Crippen LogP contribution is -2.15. The van der Waals surface area contributed by atoms with Gasteiger partial charge < -0.3 is 9.30 Å². The van der Waals surface area contributed by atoms with E-state index >= 15 is 0 Å². The summed E-state index contributed by atoms with van der Waals surface area (Å²) < 4.78 is 9.94. The molecule has 4 rings (SSSR count). The summed E-state index contributed by atoms with van der Waals surface area (Å²) in [4.78, 5) is 4.57. The quantitative estimate of drug-likeness (QED) is 0.738. The Morgan fingerprint density at radius 3 is 2.92 bits per heavy atom. The second kappa shape index (κ2) is 6.24. The highest BCUT2D eigenvalue weighted by molar-refractivity contribution is 5.59. The molecule has 24 heavy (non-hydrogen) atoms. The molecular weight excluding hydrogens is 300 g/mol. The van der Waals surface area contributed by atoms with Crippen LogP contribution in [-0.2, 0) is 11.3 Å². The fourth-order valence-electron chi connectivity index (χ4n) is 3.39. The van der Waals surface area contributed by atoms with Crippen LogP contribution in [-0.4, -0.2) is 32.0 Å². The van der Waals surface area contributed by atoms with Crippen LogP contribution < -0.4 is 0 Å². The summed E-state index contributed by atoms with van der Waals surface area (Å²) in [6.07, 6.45) is 6.48. The normalized spacial score (nSPS) is 17.5. The van der Waals surface area contributed by atoms with Gasteiger partial charge in [0.25, 0.3) is 0 Å². The molecule has 0 amide bonds. The molecule has 5 nitrogen and oxygen atoms in total. The summed E-state index contributed by atoms with van der Waals surface area (Å²) in [5.41, 5.74) is 4.32. The van der Waals surface area contributed by atoms with Gasteiger partial charge in [-0.1, -0.05) is 12.1 Å². The highest BCUT2D eigenvalue weighted by Crippen LogP contribution is 2.23. The molecule has 1 atom stereocenters. The first-order chi connectivity index (χ1) is 11.7. The van der Waals surface area contributed by atoms with Gasteiger partial charge in [0, 0.05) is 30.3 Å². The Labute approximate surface area is 141 Å². The van der Waals surface area contributed by atoms with Crippen LogP contribution in [0.1, 0.15) is 24.2 Å². The lowest BCUT2D eigenvalue weighted by molar-refractivity contribution is 0.0974. The molecule has 124 valence electrons. The average molecular weight is 322 g/mol. The van der Waals surface area contributed by atoms with Crippen LogP contribution in [0.4, 0.5) is 0 Å². The largest absolute Gasteiger partial charge is 0.376 e. The molecule has 0 bridgehead atoms. The van der Waals surface area contributed by atoms with E-state index in [0.717, 1.165) is 54.5 Å². The molecule has 0 spiro atoms. The van der Waals surface area contributed by atoms with Crippen molar-refractivity contribution in [2.75, 3.05) is 6.61 Å². The van der Waals surface area contributed by atoms with Gasteiger partial charge >= 0.3 is 0 Å². The lowest BCUT2D eigenvalue weighted by Gasteiger charge is -2.13. The van der Waals surface area contributed by atoms with Crippen LogP contribution in [0.2, 0.25) is 0 Å². The van der Waals surface area contributed by atoms with Gasteiger partial charge in [0.2, 0.25) is 0 Å². The molecule has 3 aromatic rings.